The molecule has 1 unspecified atom stereocenters. The van der Waals surface area contributed by atoms with Gasteiger partial charge in [-0.2, -0.15) is 0 Å². The van der Waals surface area contributed by atoms with Crippen LogP contribution < -0.4 is 0 Å². The zero-order valence-electron chi connectivity index (χ0n) is 14.2. The third-order valence-electron chi connectivity index (χ3n) is 4.76. The van der Waals surface area contributed by atoms with Crippen molar-refractivity contribution < 1.29 is 14.3 Å². The van der Waals surface area contributed by atoms with Gasteiger partial charge in [-0.25, -0.2) is 0 Å². The van der Waals surface area contributed by atoms with Gasteiger partial charge < -0.3 is 14.5 Å². The Bertz CT molecular complexity index is 570. The van der Waals surface area contributed by atoms with E-state index < -0.39 is 0 Å². The first kappa shape index (κ1) is 16.9. The topological polar surface area (TPSA) is 53.1 Å². The zero-order valence-corrected chi connectivity index (χ0v) is 14.2. The van der Waals surface area contributed by atoms with Gasteiger partial charge in [-0.1, -0.05) is 30.3 Å². The van der Waals surface area contributed by atoms with E-state index in [4.69, 9.17) is 4.74 Å². The molecule has 3 rings (SSSR count). The van der Waals surface area contributed by atoms with Crippen molar-refractivity contribution in [1.82, 2.24) is 14.7 Å². The maximum Gasteiger partial charge on any atom is 0.236 e. The van der Waals surface area contributed by atoms with Crippen LogP contribution in [0, 0.1) is 0 Å². The molecule has 0 N–H and O–H groups in total. The van der Waals surface area contributed by atoms with Gasteiger partial charge in [0.15, 0.2) is 0 Å². The fraction of sp³-hybridized carbons (Fsp3) is 0.556. The lowest BCUT2D eigenvalue weighted by atomic mass is 10.1. The lowest BCUT2D eigenvalue weighted by Gasteiger charge is -2.37. The van der Waals surface area contributed by atoms with Gasteiger partial charge in [-0.05, 0) is 5.56 Å². The molecule has 0 aromatic heterocycles. The van der Waals surface area contributed by atoms with Crippen molar-refractivity contribution in [2.75, 3.05) is 52.4 Å². The Morgan fingerprint density at radius 1 is 1.04 bits per heavy atom. The number of morpholine rings is 1. The molecule has 1 atom stereocenters. The third kappa shape index (κ3) is 4.13. The van der Waals surface area contributed by atoms with Crippen molar-refractivity contribution in [3.63, 3.8) is 0 Å². The second-order valence-electron chi connectivity index (χ2n) is 6.39. The fourth-order valence-electron chi connectivity index (χ4n) is 3.28. The minimum atomic E-state index is 0.0299. The Hall–Kier alpha value is -1.92. The van der Waals surface area contributed by atoms with E-state index >= 15 is 0 Å². The number of hydrogen-bond donors (Lipinski definition) is 0. The van der Waals surface area contributed by atoms with Gasteiger partial charge in [0.1, 0.15) is 0 Å². The standard InChI is InChI=1S/C18H25N3O3/c1-15(22)20-7-9-21(10-8-20)18(23)14-19-11-12-24-17(13-19)16-5-3-2-4-6-16/h2-6,17H,7-14H2,1H3. The Labute approximate surface area is 143 Å². The first-order valence-electron chi connectivity index (χ1n) is 8.55. The van der Waals surface area contributed by atoms with Crippen molar-refractivity contribution in [3.05, 3.63) is 35.9 Å². The highest BCUT2D eigenvalue weighted by Gasteiger charge is 2.27. The Morgan fingerprint density at radius 2 is 1.71 bits per heavy atom. The van der Waals surface area contributed by atoms with E-state index in [0.29, 0.717) is 39.3 Å². The molecule has 6 heteroatoms. The van der Waals surface area contributed by atoms with Gasteiger partial charge in [0.25, 0.3) is 0 Å². The van der Waals surface area contributed by atoms with E-state index in [1.807, 2.05) is 23.1 Å². The van der Waals surface area contributed by atoms with Crippen LogP contribution >= 0.6 is 0 Å². The summed E-state index contributed by atoms with van der Waals surface area (Å²) in [7, 11) is 0. The number of piperazine rings is 1. The maximum absolute atomic E-state index is 12.5. The molecule has 2 amide bonds. The molecule has 2 aliphatic heterocycles. The van der Waals surface area contributed by atoms with Gasteiger partial charge in [0, 0.05) is 46.2 Å². The number of hydrogen-bond acceptors (Lipinski definition) is 4. The molecular formula is C18H25N3O3. The van der Waals surface area contributed by atoms with Gasteiger partial charge >= 0.3 is 0 Å². The summed E-state index contributed by atoms with van der Waals surface area (Å²) in [6.07, 6.45) is 0.0299. The molecule has 0 saturated carbocycles. The third-order valence-corrected chi connectivity index (χ3v) is 4.76. The predicted octanol–water partition coefficient (Wildman–Crippen LogP) is 0.751. The first-order chi connectivity index (χ1) is 11.6. The fourth-order valence-corrected chi connectivity index (χ4v) is 3.28. The van der Waals surface area contributed by atoms with Gasteiger partial charge in [-0.15, -0.1) is 0 Å². The van der Waals surface area contributed by atoms with E-state index in [-0.39, 0.29) is 17.9 Å². The quantitative estimate of drug-likeness (QED) is 0.820. The molecule has 24 heavy (non-hydrogen) atoms. The highest BCUT2D eigenvalue weighted by Crippen LogP contribution is 2.21. The summed E-state index contributed by atoms with van der Waals surface area (Å²) >= 11 is 0. The van der Waals surface area contributed by atoms with E-state index in [0.717, 1.165) is 18.7 Å². The lowest BCUT2D eigenvalue weighted by molar-refractivity contribution is -0.140. The molecule has 1 aromatic carbocycles. The first-order valence-corrected chi connectivity index (χ1v) is 8.55. The van der Waals surface area contributed by atoms with Crippen molar-refractivity contribution in [3.8, 4) is 0 Å². The zero-order chi connectivity index (χ0) is 16.9. The van der Waals surface area contributed by atoms with Crippen molar-refractivity contribution >= 4 is 11.8 Å². The average Bonchev–Trinajstić information content (AvgIpc) is 2.63. The minimum absolute atomic E-state index is 0.0299. The summed E-state index contributed by atoms with van der Waals surface area (Å²) in [5.41, 5.74) is 1.16. The number of rotatable bonds is 3. The SMILES string of the molecule is CC(=O)N1CCN(C(=O)CN2CCOC(c3ccccc3)C2)CC1. The van der Waals surface area contributed by atoms with E-state index in [1.54, 1.807) is 11.8 Å². The molecule has 0 spiro atoms. The smallest absolute Gasteiger partial charge is 0.236 e. The Kier molecular flexibility index (Phi) is 5.48. The number of benzene rings is 1. The minimum Gasteiger partial charge on any atom is -0.371 e. The molecular weight excluding hydrogens is 306 g/mol. The van der Waals surface area contributed by atoms with Crippen LogP contribution in [0.25, 0.3) is 0 Å². The number of ether oxygens (including phenoxy) is 1. The van der Waals surface area contributed by atoms with E-state index in [2.05, 4.69) is 17.0 Å². The van der Waals surface area contributed by atoms with Crippen molar-refractivity contribution in [1.29, 1.82) is 0 Å². The highest BCUT2D eigenvalue weighted by atomic mass is 16.5. The summed E-state index contributed by atoms with van der Waals surface area (Å²) in [6, 6.07) is 10.1. The van der Waals surface area contributed by atoms with E-state index in [9.17, 15) is 9.59 Å². The summed E-state index contributed by atoms with van der Waals surface area (Å²) in [6.45, 7) is 6.70. The van der Waals surface area contributed by atoms with Gasteiger partial charge in [0.2, 0.25) is 11.8 Å². The van der Waals surface area contributed by atoms with Gasteiger partial charge in [-0.3, -0.25) is 14.5 Å². The van der Waals surface area contributed by atoms with Crippen LogP contribution in [0.1, 0.15) is 18.6 Å². The van der Waals surface area contributed by atoms with Crippen LogP contribution in [0.2, 0.25) is 0 Å². The second kappa shape index (κ2) is 7.77. The molecule has 2 saturated heterocycles. The van der Waals surface area contributed by atoms with Gasteiger partial charge in [0.05, 0.1) is 19.3 Å². The van der Waals surface area contributed by atoms with Crippen molar-refractivity contribution in [2.24, 2.45) is 0 Å². The molecule has 0 radical (unpaired) electrons. The Balaban J connectivity index is 1.50. The molecule has 2 aliphatic rings. The number of amides is 2. The summed E-state index contributed by atoms with van der Waals surface area (Å²) in [5, 5.41) is 0. The number of carbonyl (C=O) groups excluding carboxylic acids is 2. The molecule has 2 fully saturated rings. The van der Waals surface area contributed by atoms with Crippen LogP contribution in [-0.2, 0) is 14.3 Å². The predicted molar refractivity (Wildman–Crippen MR) is 90.4 cm³/mol. The molecule has 130 valence electrons. The van der Waals surface area contributed by atoms with Crippen LogP contribution in [0.3, 0.4) is 0 Å². The summed E-state index contributed by atoms with van der Waals surface area (Å²) < 4.78 is 5.85. The normalized spacial score (nSPS) is 22.5. The van der Waals surface area contributed by atoms with Crippen LogP contribution in [0.15, 0.2) is 30.3 Å². The van der Waals surface area contributed by atoms with Crippen LogP contribution in [-0.4, -0.2) is 78.9 Å². The molecule has 6 nitrogen and oxygen atoms in total. The number of carbonyl (C=O) groups is 2. The van der Waals surface area contributed by atoms with Crippen LogP contribution in [0.5, 0.6) is 0 Å². The second-order valence-corrected chi connectivity index (χ2v) is 6.39. The summed E-state index contributed by atoms with van der Waals surface area (Å²) in [4.78, 5) is 29.7. The van der Waals surface area contributed by atoms with E-state index in [1.165, 1.54) is 0 Å². The lowest BCUT2D eigenvalue weighted by Crippen LogP contribution is -2.53. The maximum atomic E-state index is 12.5. The molecule has 0 bridgehead atoms. The summed E-state index contributed by atoms with van der Waals surface area (Å²) in [5.74, 6) is 0.230. The Morgan fingerprint density at radius 3 is 2.38 bits per heavy atom. The largest absolute Gasteiger partial charge is 0.371 e. The monoisotopic (exact) mass is 331 g/mol. The highest BCUT2D eigenvalue weighted by molar-refractivity contribution is 5.79. The van der Waals surface area contributed by atoms with Crippen LogP contribution in [0.4, 0.5) is 0 Å². The average molecular weight is 331 g/mol. The van der Waals surface area contributed by atoms with Crippen molar-refractivity contribution in [2.45, 2.75) is 13.0 Å². The number of nitrogens with zero attached hydrogens (tertiary/aromatic N) is 3. The molecule has 0 aliphatic carbocycles. The molecule has 1 aromatic rings. The molecule has 2 heterocycles.